The van der Waals surface area contributed by atoms with E-state index in [1.807, 2.05) is 6.92 Å². The fourth-order valence-corrected chi connectivity index (χ4v) is 4.76. The van der Waals surface area contributed by atoms with Crippen molar-refractivity contribution in [3.63, 3.8) is 0 Å². The first-order chi connectivity index (χ1) is 9.23. The molecule has 2 heterocycles. The molecule has 20 heavy (non-hydrogen) atoms. The van der Waals surface area contributed by atoms with Crippen LogP contribution in [0.4, 0.5) is 5.69 Å². The highest BCUT2D eigenvalue weighted by Gasteiger charge is 2.32. The zero-order chi connectivity index (χ0) is 15.0. The number of rotatable bonds is 5. The molecule has 0 bridgehead atoms. The van der Waals surface area contributed by atoms with E-state index in [9.17, 15) is 18.5 Å². The van der Waals surface area contributed by atoms with E-state index in [2.05, 4.69) is 4.72 Å². The lowest BCUT2D eigenvalue weighted by Gasteiger charge is -2.22. The Hall–Kier alpha value is -0.740. The van der Waals surface area contributed by atoms with Gasteiger partial charge >= 0.3 is 0 Å². The van der Waals surface area contributed by atoms with E-state index in [4.69, 9.17) is 16.3 Å². The number of halogens is 1. The topological polar surface area (TPSA) is 98.5 Å². The third kappa shape index (κ3) is 3.29. The first kappa shape index (κ1) is 15.6. The second-order valence-electron chi connectivity index (χ2n) is 4.71. The van der Waals surface area contributed by atoms with Crippen LogP contribution in [0, 0.1) is 10.1 Å². The molecular formula is C10H13ClN2O5S2. The van der Waals surface area contributed by atoms with Crippen molar-refractivity contribution >= 4 is 38.6 Å². The summed E-state index contributed by atoms with van der Waals surface area (Å²) in [6, 6.07) is 0.965. The number of nitro groups is 1. The molecule has 10 heteroatoms. The molecule has 1 N–H and O–H groups in total. The minimum Gasteiger partial charge on any atom is -0.374 e. The molecule has 1 saturated heterocycles. The van der Waals surface area contributed by atoms with Gasteiger partial charge in [0.2, 0.25) is 10.0 Å². The zero-order valence-electron chi connectivity index (χ0n) is 10.6. The molecule has 1 unspecified atom stereocenters. The van der Waals surface area contributed by atoms with Crippen molar-refractivity contribution < 1.29 is 18.1 Å². The van der Waals surface area contributed by atoms with Gasteiger partial charge in [0.15, 0.2) is 4.34 Å². The molecule has 1 aliphatic heterocycles. The molecule has 1 aromatic rings. The largest absolute Gasteiger partial charge is 0.374 e. The molecule has 7 nitrogen and oxygen atoms in total. The molecule has 0 saturated carbocycles. The highest BCUT2D eigenvalue weighted by Crippen LogP contribution is 2.36. The summed E-state index contributed by atoms with van der Waals surface area (Å²) in [7, 11) is -3.82. The van der Waals surface area contributed by atoms with E-state index in [0.29, 0.717) is 17.9 Å². The monoisotopic (exact) mass is 340 g/mol. The highest BCUT2D eigenvalue weighted by atomic mass is 35.5. The van der Waals surface area contributed by atoms with E-state index in [0.717, 1.165) is 18.9 Å². The van der Waals surface area contributed by atoms with Crippen LogP contribution in [0.1, 0.15) is 19.8 Å². The SMILES string of the molecule is CC1(CNS(=O)(=O)c2cc([N+](=O)[O-])c(Cl)s2)CCCO1. The van der Waals surface area contributed by atoms with Crippen molar-refractivity contribution in [1.29, 1.82) is 0 Å². The molecule has 0 aliphatic carbocycles. The number of nitrogens with zero attached hydrogens (tertiary/aromatic N) is 1. The Balaban J connectivity index is 2.14. The normalized spacial score (nSPS) is 23.1. The second kappa shape index (κ2) is 5.57. The van der Waals surface area contributed by atoms with Crippen LogP contribution in [0.25, 0.3) is 0 Å². The average Bonchev–Trinajstić information content (AvgIpc) is 2.94. The zero-order valence-corrected chi connectivity index (χ0v) is 13.0. The number of sulfonamides is 1. The Labute approximate surface area is 125 Å². The van der Waals surface area contributed by atoms with Gasteiger partial charge in [0.05, 0.1) is 10.5 Å². The van der Waals surface area contributed by atoms with E-state index in [1.165, 1.54) is 0 Å². The molecular weight excluding hydrogens is 328 g/mol. The quantitative estimate of drug-likeness (QED) is 0.654. The molecule has 0 radical (unpaired) electrons. The minimum atomic E-state index is -3.82. The van der Waals surface area contributed by atoms with Crippen molar-refractivity contribution in [3.8, 4) is 0 Å². The van der Waals surface area contributed by atoms with Crippen LogP contribution in [-0.4, -0.2) is 32.1 Å². The van der Waals surface area contributed by atoms with Crippen LogP contribution in [-0.2, 0) is 14.8 Å². The van der Waals surface area contributed by atoms with E-state index in [1.54, 1.807) is 0 Å². The maximum Gasteiger partial charge on any atom is 0.300 e. The van der Waals surface area contributed by atoms with Gasteiger partial charge in [-0.2, -0.15) is 0 Å². The van der Waals surface area contributed by atoms with Crippen molar-refractivity contribution in [2.24, 2.45) is 0 Å². The van der Waals surface area contributed by atoms with E-state index in [-0.39, 0.29) is 15.1 Å². The number of nitrogens with one attached hydrogen (secondary N) is 1. The summed E-state index contributed by atoms with van der Waals surface area (Å²) < 4.78 is 31.7. The van der Waals surface area contributed by atoms with Gasteiger partial charge < -0.3 is 4.74 Å². The lowest BCUT2D eigenvalue weighted by Crippen LogP contribution is -2.39. The lowest BCUT2D eigenvalue weighted by molar-refractivity contribution is -0.384. The molecule has 2 rings (SSSR count). The van der Waals surface area contributed by atoms with Gasteiger partial charge in [0.1, 0.15) is 4.21 Å². The van der Waals surface area contributed by atoms with Gasteiger partial charge in [-0.15, -0.1) is 11.3 Å². The third-order valence-electron chi connectivity index (χ3n) is 3.04. The highest BCUT2D eigenvalue weighted by molar-refractivity contribution is 7.91. The summed E-state index contributed by atoms with van der Waals surface area (Å²) >= 11 is 6.32. The van der Waals surface area contributed by atoms with Gasteiger partial charge in [-0.05, 0) is 19.8 Å². The maximum atomic E-state index is 12.1. The second-order valence-corrected chi connectivity index (χ2v) is 8.36. The summed E-state index contributed by atoms with van der Waals surface area (Å²) in [4.78, 5) is 9.96. The molecule has 1 fully saturated rings. The van der Waals surface area contributed by atoms with Gasteiger partial charge in [0, 0.05) is 19.2 Å². The van der Waals surface area contributed by atoms with Crippen molar-refractivity contribution in [3.05, 3.63) is 20.5 Å². The number of hydrogen-bond donors (Lipinski definition) is 1. The maximum absolute atomic E-state index is 12.1. The Morgan fingerprint density at radius 2 is 2.35 bits per heavy atom. The van der Waals surface area contributed by atoms with Crippen LogP contribution in [0.15, 0.2) is 10.3 Å². The molecule has 0 amide bonds. The summed E-state index contributed by atoms with van der Waals surface area (Å²) in [5.74, 6) is 0. The molecule has 0 aromatic carbocycles. The van der Waals surface area contributed by atoms with Crippen LogP contribution in [0.2, 0.25) is 4.34 Å². The fourth-order valence-electron chi connectivity index (χ4n) is 1.89. The van der Waals surface area contributed by atoms with Gasteiger partial charge in [0.25, 0.3) is 5.69 Å². The van der Waals surface area contributed by atoms with Crippen LogP contribution in [0.3, 0.4) is 0 Å². The molecule has 1 aliphatic rings. The molecule has 0 spiro atoms. The smallest absolute Gasteiger partial charge is 0.300 e. The summed E-state index contributed by atoms with van der Waals surface area (Å²) in [6.45, 7) is 2.56. The Morgan fingerprint density at radius 1 is 1.65 bits per heavy atom. The predicted octanol–water partition coefficient (Wildman–Crippen LogP) is 2.16. The van der Waals surface area contributed by atoms with E-state index < -0.39 is 26.2 Å². The minimum absolute atomic E-state index is 0.124. The Morgan fingerprint density at radius 3 is 2.85 bits per heavy atom. The van der Waals surface area contributed by atoms with Crippen LogP contribution >= 0.6 is 22.9 Å². The predicted molar refractivity (Wildman–Crippen MR) is 74.8 cm³/mol. The number of thiophene rings is 1. The van der Waals surface area contributed by atoms with Crippen LogP contribution < -0.4 is 4.72 Å². The molecule has 1 aromatic heterocycles. The first-order valence-corrected chi connectivity index (χ1v) is 8.49. The molecule has 112 valence electrons. The third-order valence-corrected chi connectivity index (χ3v) is 6.26. The average molecular weight is 341 g/mol. The standard InChI is InChI=1S/C10H13ClN2O5S2/c1-10(3-2-4-18-10)6-12-20(16,17)8-5-7(13(14)15)9(11)19-8/h5,12H,2-4,6H2,1H3. The van der Waals surface area contributed by atoms with Crippen molar-refractivity contribution in [2.45, 2.75) is 29.6 Å². The fraction of sp³-hybridized carbons (Fsp3) is 0.600. The van der Waals surface area contributed by atoms with E-state index >= 15 is 0 Å². The van der Waals surface area contributed by atoms with Crippen molar-refractivity contribution in [2.75, 3.05) is 13.2 Å². The van der Waals surface area contributed by atoms with Gasteiger partial charge in [-0.25, -0.2) is 13.1 Å². The van der Waals surface area contributed by atoms with Crippen LogP contribution in [0.5, 0.6) is 0 Å². The summed E-state index contributed by atoms with van der Waals surface area (Å²) in [5.41, 5.74) is -0.930. The summed E-state index contributed by atoms with van der Waals surface area (Å²) in [5, 5.41) is 10.7. The Kier molecular flexibility index (Phi) is 4.35. The lowest BCUT2D eigenvalue weighted by atomic mass is 10.0. The first-order valence-electron chi connectivity index (χ1n) is 5.81. The van der Waals surface area contributed by atoms with Crippen molar-refractivity contribution in [1.82, 2.24) is 4.72 Å². The van der Waals surface area contributed by atoms with Gasteiger partial charge in [-0.3, -0.25) is 10.1 Å². The summed E-state index contributed by atoms with van der Waals surface area (Å²) in [6.07, 6.45) is 1.65. The van der Waals surface area contributed by atoms with Gasteiger partial charge in [-0.1, -0.05) is 11.6 Å². The Bertz CT molecular complexity index is 622. The number of hydrogen-bond acceptors (Lipinski definition) is 6. The number of ether oxygens (including phenoxy) is 1. The molecule has 1 atom stereocenters.